The second-order valence-electron chi connectivity index (χ2n) is 2.09. The molecule has 0 saturated carbocycles. The Labute approximate surface area is 65.6 Å². The second-order valence-corrected chi connectivity index (χ2v) is 3.48. The fraction of sp³-hybridized carbons (Fsp3) is 0.714. The zero-order valence-corrected chi connectivity index (χ0v) is 9.02. The van der Waals surface area contributed by atoms with Gasteiger partial charge in [0.25, 0.3) is 0 Å². The predicted molar refractivity (Wildman–Crippen MR) is 46.1 cm³/mol. The van der Waals surface area contributed by atoms with Crippen LogP contribution in [0.25, 0.3) is 0 Å². The van der Waals surface area contributed by atoms with Gasteiger partial charge in [-0.25, -0.2) is 0 Å². The van der Waals surface area contributed by atoms with Crippen molar-refractivity contribution in [1.29, 1.82) is 0 Å². The Morgan fingerprint density at radius 1 is 1.40 bits per heavy atom. The molecule has 0 spiro atoms. The van der Waals surface area contributed by atoms with Gasteiger partial charge in [0.05, 0.1) is 10.2 Å². The van der Waals surface area contributed by atoms with Crippen LogP contribution in [0.4, 0.5) is 0 Å². The molecule has 0 aromatic rings. The largest absolute Gasteiger partial charge is 0.352 e. The molecule has 0 saturated heterocycles. The highest BCUT2D eigenvalue weighted by molar-refractivity contribution is 6.14. The van der Waals surface area contributed by atoms with E-state index in [4.69, 9.17) is 9.47 Å². The first kappa shape index (κ1) is 9.88. The predicted octanol–water partition coefficient (Wildman–Crippen LogP) is 0.265. The summed E-state index contributed by atoms with van der Waals surface area (Å²) in [6.45, 7) is 8.91. The fourth-order valence-corrected chi connectivity index (χ4v) is 1.31. The number of hydrogen-bond acceptors (Lipinski definition) is 2. The highest BCUT2D eigenvalue weighted by Crippen LogP contribution is 2.08. The van der Waals surface area contributed by atoms with Gasteiger partial charge >= 0.3 is 0 Å². The Hall–Kier alpha value is -0.123. The summed E-state index contributed by atoms with van der Waals surface area (Å²) in [7, 11) is 0.826. The zero-order valence-electron chi connectivity index (χ0n) is 7.02. The van der Waals surface area contributed by atoms with E-state index in [0.29, 0.717) is 13.2 Å². The van der Waals surface area contributed by atoms with Gasteiger partial charge in [0.15, 0.2) is 5.41 Å². The molecule has 0 bridgehead atoms. The van der Waals surface area contributed by atoms with Crippen molar-refractivity contribution in [3.8, 4) is 0 Å². The van der Waals surface area contributed by atoms with E-state index in [1.54, 1.807) is 6.08 Å². The van der Waals surface area contributed by atoms with Crippen LogP contribution in [0.15, 0.2) is 12.7 Å². The summed E-state index contributed by atoms with van der Waals surface area (Å²) in [5.74, 6) is 0. The molecule has 0 aliphatic carbocycles. The Kier molecular flexibility index (Phi) is 4.60. The summed E-state index contributed by atoms with van der Waals surface area (Å²) in [5.41, 5.74) is -0.455. The van der Waals surface area contributed by atoms with Crippen LogP contribution in [0.5, 0.6) is 0 Å². The average Bonchev–Trinajstić information content (AvgIpc) is 1.89. The molecule has 3 heteroatoms. The van der Waals surface area contributed by atoms with Crippen molar-refractivity contribution in [3.63, 3.8) is 0 Å². The molecule has 0 heterocycles. The maximum atomic E-state index is 5.34. The van der Waals surface area contributed by atoms with E-state index in [2.05, 4.69) is 6.58 Å². The third-order valence-corrected chi connectivity index (χ3v) is 2.22. The van der Waals surface area contributed by atoms with Crippen molar-refractivity contribution in [2.24, 2.45) is 0 Å². The number of hydrogen-bond donors (Lipinski definition) is 0. The molecule has 0 amide bonds. The molecule has 0 aromatic carbocycles. The first-order valence-electron chi connectivity index (χ1n) is 3.60. The van der Waals surface area contributed by atoms with Gasteiger partial charge in [-0.3, -0.25) is 0 Å². The van der Waals surface area contributed by atoms with Gasteiger partial charge in [0, 0.05) is 13.2 Å². The topological polar surface area (TPSA) is 18.5 Å². The summed E-state index contributed by atoms with van der Waals surface area (Å²) < 4.78 is 10.7. The van der Waals surface area contributed by atoms with Crippen LogP contribution in [0.1, 0.15) is 13.8 Å². The Morgan fingerprint density at radius 2 is 1.80 bits per heavy atom. The zero-order chi connectivity index (χ0) is 8.04. The van der Waals surface area contributed by atoms with Gasteiger partial charge < -0.3 is 9.47 Å². The summed E-state index contributed by atoms with van der Waals surface area (Å²) >= 11 is 0. The van der Waals surface area contributed by atoms with Crippen molar-refractivity contribution in [3.05, 3.63) is 12.7 Å². The SMILES string of the molecule is C=CC([SiH3])(OCC)OCC. The van der Waals surface area contributed by atoms with Crippen LogP contribution in [0.3, 0.4) is 0 Å². The first-order valence-corrected chi connectivity index (χ1v) is 4.60. The quantitative estimate of drug-likeness (QED) is 0.326. The summed E-state index contributed by atoms with van der Waals surface area (Å²) in [6.07, 6.45) is 1.73. The molecular formula is C7H16O2Si. The van der Waals surface area contributed by atoms with Crippen molar-refractivity contribution in [2.45, 2.75) is 19.3 Å². The first-order chi connectivity index (χ1) is 4.68. The molecule has 10 heavy (non-hydrogen) atoms. The normalized spacial score (nSPS) is 11.8. The lowest BCUT2D eigenvalue weighted by molar-refractivity contribution is -0.139. The molecule has 0 aliphatic rings. The third-order valence-electron chi connectivity index (χ3n) is 1.23. The maximum Gasteiger partial charge on any atom is 0.159 e. The number of rotatable bonds is 5. The molecule has 0 fully saturated rings. The van der Waals surface area contributed by atoms with E-state index >= 15 is 0 Å². The highest BCUT2D eigenvalue weighted by Gasteiger charge is 2.18. The van der Waals surface area contributed by atoms with Crippen LogP contribution < -0.4 is 0 Å². The summed E-state index contributed by atoms with van der Waals surface area (Å²) in [6, 6.07) is 0. The maximum absolute atomic E-state index is 5.34. The Balaban J connectivity index is 3.81. The molecule has 0 rings (SSSR count). The number of ether oxygens (including phenoxy) is 2. The van der Waals surface area contributed by atoms with Gasteiger partial charge in [-0.2, -0.15) is 0 Å². The average molecular weight is 160 g/mol. The van der Waals surface area contributed by atoms with E-state index in [-0.39, 0.29) is 0 Å². The lowest BCUT2D eigenvalue weighted by atomic mass is 10.6. The Bertz CT molecular complexity index is 97.8. The van der Waals surface area contributed by atoms with Gasteiger partial charge in [-0.1, -0.05) is 6.58 Å². The molecule has 0 aliphatic heterocycles. The molecule has 0 radical (unpaired) electrons. The molecule has 0 aromatic heterocycles. The van der Waals surface area contributed by atoms with Crippen molar-refractivity contribution < 1.29 is 9.47 Å². The van der Waals surface area contributed by atoms with Gasteiger partial charge in [0.2, 0.25) is 0 Å². The molecule has 60 valence electrons. The molecule has 0 unspecified atom stereocenters. The van der Waals surface area contributed by atoms with Crippen LogP contribution >= 0.6 is 0 Å². The third kappa shape index (κ3) is 3.15. The van der Waals surface area contributed by atoms with Crippen LogP contribution in [-0.4, -0.2) is 28.9 Å². The standard InChI is InChI=1S/C7H16O2Si/c1-4-7(10,8-5-2)9-6-3/h4H,1,5-6H2,2-3,10H3. The fourth-order valence-electron chi connectivity index (χ4n) is 0.733. The lowest BCUT2D eigenvalue weighted by Crippen LogP contribution is -2.34. The van der Waals surface area contributed by atoms with Gasteiger partial charge in [-0.15, -0.1) is 0 Å². The summed E-state index contributed by atoms with van der Waals surface area (Å²) in [4.78, 5) is 0. The molecule has 0 N–H and O–H groups in total. The van der Waals surface area contributed by atoms with E-state index in [0.717, 1.165) is 10.2 Å². The van der Waals surface area contributed by atoms with Crippen molar-refractivity contribution >= 4 is 10.2 Å². The van der Waals surface area contributed by atoms with Crippen molar-refractivity contribution in [1.82, 2.24) is 0 Å². The minimum Gasteiger partial charge on any atom is -0.352 e. The van der Waals surface area contributed by atoms with Crippen LogP contribution in [0.2, 0.25) is 0 Å². The second kappa shape index (κ2) is 4.66. The van der Waals surface area contributed by atoms with E-state index < -0.39 is 5.41 Å². The monoisotopic (exact) mass is 160 g/mol. The summed E-state index contributed by atoms with van der Waals surface area (Å²) in [5, 5.41) is 0. The lowest BCUT2D eigenvalue weighted by Gasteiger charge is -2.25. The molecule has 0 atom stereocenters. The van der Waals surface area contributed by atoms with E-state index in [1.807, 2.05) is 13.8 Å². The minimum atomic E-state index is -0.455. The minimum absolute atomic E-state index is 0.455. The molecule has 2 nitrogen and oxygen atoms in total. The van der Waals surface area contributed by atoms with E-state index in [9.17, 15) is 0 Å². The highest BCUT2D eigenvalue weighted by atomic mass is 28.1. The van der Waals surface area contributed by atoms with E-state index in [1.165, 1.54) is 0 Å². The van der Waals surface area contributed by atoms with Crippen molar-refractivity contribution in [2.75, 3.05) is 13.2 Å². The smallest absolute Gasteiger partial charge is 0.159 e. The van der Waals surface area contributed by atoms with Crippen LogP contribution in [0, 0.1) is 0 Å². The Morgan fingerprint density at radius 3 is 2.00 bits per heavy atom. The van der Waals surface area contributed by atoms with Gasteiger partial charge in [-0.05, 0) is 19.9 Å². The van der Waals surface area contributed by atoms with Crippen LogP contribution in [-0.2, 0) is 9.47 Å². The molecular weight excluding hydrogens is 144 g/mol. The van der Waals surface area contributed by atoms with Gasteiger partial charge in [0.1, 0.15) is 0 Å².